The number of aryl methyl sites for hydroxylation is 1. The van der Waals surface area contributed by atoms with Gasteiger partial charge in [-0.3, -0.25) is 0 Å². The Labute approximate surface area is 120 Å². The molecule has 1 aliphatic rings. The van der Waals surface area contributed by atoms with E-state index in [1.54, 1.807) is 16.9 Å². The molecule has 1 aliphatic heterocycles. The molecule has 3 heterocycles. The molecule has 0 radical (unpaired) electrons. The molecule has 0 amide bonds. The van der Waals surface area contributed by atoms with Crippen molar-refractivity contribution in [1.29, 1.82) is 5.26 Å². The molecule has 21 heavy (non-hydrogen) atoms. The summed E-state index contributed by atoms with van der Waals surface area (Å²) in [5.74, 6) is -0.433. The number of rotatable bonds is 3. The van der Waals surface area contributed by atoms with E-state index in [2.05, 4.69) is 21.4 Å². The Kier molecular flexibility index (Phi) is 3.02. The summed E-state index contributed by atoms with van der Waals surface area (Å²) in [6, 6.07) is 4.01. The molecule has 2 aromatic rings. The number of carbonyl (C=O) groups is 1. The lowest BCUT2D eigenvalue weighted by molar-refractivity contribution is 0.0690. The first-order chi connectivity index (χ1) is 10.1. The highest BCUT2D eigenvalue weighted by atomic mass is 16.4. The summed E-state index contributed by atoms with van der Waals surface area (Å²) in [5, 5.41) is 25.4. The molecule has 0 spiro atoms. The van der Waals surface area contributed by atoms with Crippen molar-refractivity contribution in [1.82, 2.24) is 20.0 Å². The molecule has 8 nitrogen and oxygen atoms in total. The smallest absolute Gasteiger partial charge is 0.358 e. The van der Waals surface area contributed by atoms with E-state index in [0.717, 1.165) is 5.56 Å². The van der Waals surface area contributed by atoms with Crippen LogP contribution in [0.25, 0.3) is 0 Å². The van der Waals surface area contributed by atoms with Crippen LogP contribution in [0.1, 0.15) is 27.7 Å². The van der Waals surface area contributed by atoms with Crippen LogP contribution in [0, 0.1) is 18.3 Å². The third kappa shape index (κ3) is 2.18. The number of carboxylic acids is 1. The number of anilines is 1. The molecule has 3 rings (SSSR count). The summed E-state index contributed by atoms with van der Waals surface area (Å²) in [4.78, 5) is 17.0. The zero-order valence-electron chi connectivity index (χ0n) is 11.3. The lowest BCUT2D eigenvalue weighted by atomic mass is 10.1. The number of aromatic nitrogens is 4. The van der Waals surface area contributed by atoms with Crippen molar-refractivity contribution in [3.05, 3.63) is 35.3 Å². The number of hydrogen-bond donors (Lipinski definition) is 1. The van der Waals surface area contributed by atoms with Gasteiger partial charge in [-0.1, -0.05) is 5.21 Å². The van der Waals surface area contributed by atoms with Gasteiger partial charge in [0.05, 0.1) is 17.8 Å². The first kappa shape index (κ1) is 13.1. The van der Waals surface area contributed by atoms with Crippen molar-refractivity contribution < 1.29 is 9.90 Å². The number of nitriles is 1. The number of nitrogens with zero attached hydrogens (tertiary/aromatic N) is 6. The third-order valence-electron chi connectivity index (χ3n) is 3.52. The van der Waals surface area contributed by atoms with Gasteiger partial charge in [-0.25, -0.2) is 14.5 Å². The molecule has 0 bridgehead atoms. The molecule has 1 N–H and O–H groups in total. The van der Waals surface area contributed by atoms with Gasteiger partial charge in [0, 0.05) is 19.3 Å². The van der Waals surface area contributed by atoms with Crippen molar-refractivity contribution >= 4 is 11.8 Å². The summed E-state index contributed by atoms with van der Waals surface area (Å²) in [5.41, 5.74) is 1.39. The molecule has 0 unspecified atom stereocenters. The van der Waals surface area contributed by atoms with Crippen molar-refractivity contribution in [2.75, 3.05) is 18.0 Å². The van der Waals surface area contributed by atoms with Crippen molar-refractivity contribution in [3.63, 3.8) is 0 Å². The lowest BCUT2D eigenvalue weighted by Gasteiger charge is -2.40. The minimum Gasteiger partial charge on any atom is -0.476 e. The molecule has 0 saturated carbocycles. The summed E-state index contributed by atoms with van der Waals surface area (Å²) < 4.78 is 1.54. The second kappa shape index (κ2) is 4.86. The van der Waals surface area contributed by atoms with Crippen LogP contribution in [0.5, 0.6) is 0 Å². The van der Waals surface area contributed by atoms with Crippen LogP contribution in [0.15, 0.2) is 18.5 Å². The van der Waals surface area contributed by atoms with E-state index in [1.165, 1.54) is 6.20 Å². The Morgan fingerprint density at radius 3 is 2.90 bits per heavy atom. The van der Waals surface area contributed by atoms with Crippen LogP contribution < -0.4 is 4.90 Å². The average Bonchev–Trinajstić information content (AvgIpc) is 2.87. The molecule has 1 fully saturated rings. The maximum absolute atomic E-state index is 10.8. The first-order valence-corrected chi connectivity index (χ1v) is 6.36. The normalized spacial score (nSPS) is 14.6. The number of hydrogen-bond acceptors (Lipinski definition) is 6. The fraction of sp³-hybridized carbons (Fsp3) is 0.308. The SMILES string of the molecule is Cc1ccnc(N2CC(n3cc(C(=O)O)nn3)C2)c1C#N. The predicted octanol–water partition coefficient (Wildman–Crippen LogP) is 0.613. The summed E-state index contributed by atoms with van der Waals surface area (Å²) in [7, 11) is 0. The standard InChI is InChI=1S/C13H12N6O2/c1-8-2-3-15-12(10(8)4-14)18-5-9(6-18)19-7-11(13(20)21)16-17-19/h2-3,7,9H,5-6H2,1H3,(H,20,21). The van der Waals surface area contributed by atoms with Gasteiger partial charge in [0.15, 0.2) is 5.69 Å². The molecule has 0 atom stereocenters. The quantitative estimate of drug-likeness (QED) is 0.879. The van der Waals surface area contributed by atoms with Crippen molar-refractivity contribution in [2.45, 2.75) is 13.0 Å². The fourth-order valence-electron chi connectivity index (χ4n) is 2.27. The second-order valence-electron chi connectivity index (χ2n) is 4.89. The zero-order valence-corrected chi connectivity index (χ0v) is 11.3. The van der Waals surface area contributed by atoms with Crippen LogP contribution in [-0.4, -0.2) is 44.1 Å². The van der Waals surface area contributed by atoms with Gasteiger partial charge in [0.1, 0.15) is 11.9 Å². The average molecular weight is 284 g/mol. The fourth-order valence-corrected chi connectivity index (χ4v) is 2.27. The van der Waals surface area contributed by atoms with E-state index >= 15 is 0 Å². The van der Waals surface area contributed by atoms with Gasteiger partial charge in [-0.15, -0.1) is 5.10 Å². The summed E-state index contributed by atoms with van der Waals surface area (Å²) in [6.45, 7) is 3.11. The number of aromatic carboxylic acids is 1. The molecule has 2 aromatic heterocycles. The monoisotopic (exact) mass is 284 g/mol. The first-order valence-electron chi connectivity index (χ1n) is 6.36. The Hall–Kier alpha value is -2.95. The van der Waals surface area contributed by atoms with Crippen LogP contribution in [-0.2, 0) is 0 Å². The molecular weight excluding hydrogens is 272 g/mol. The molecule has 8 heteroatoms. The second-order valence-corrected chi connectivity index (χ2v) is 4.89. The molecule has 0 aromatic carbocycles. The van der Waals surface area contributed by atoms with Gasteiger partial charge < -0.3 is 10.0 Å². The Bertz CT molecular complexity index is 741. The van der Waals surface area contributed by atoms with Crippen LogP contribution >= 0.6 is 0 Å². The third-order valence-corrected chi connectivity index (χ3v) is 3.52. The van der Waals surface area contributed by atoms with E-state index in [0.29, 0.717) is 24.5 Å². The van der Waals surface area contributed by atoms with Gasteiger partial charge in [0.25, 0.3) is 0 Å². The van der Waals surface area contributed by atoms with Crippen LogP contribution in [0.3, 0.4) is 0 Å². The number of carboxylic acid groups (broad SMARTS) is 1. The van der Waals surface area contributed by atoms with Crippen LogP contribution in [0.2, 0.25) is 0 Å². The topological polar surface area (TPSA) is 108 Å². The van der Waals surface area contributed by atoms with Gasteiger partial charge in [-0.05, 0) is 18.6 Å². The minimum absolute atomic E-state index is 0.0412. The minimum atomic E-state index is -1.09. The van der Waals surface area contributed by atoms with E-state index in [1.807, 2.05) is 11.8 Å². The maximum atomic E-state index is 10.8. The van der Waals surface area contributed by atoms with Crippen molar-refractivity contribution in [2.24, 2.45) is 0 Å². The highest BCUT2D eigenvalue weighted by molar-refractivity contribution is 5.84. The molecule has 106 valence electrons. The van der Waals surface area contributed by atoms with E-state index in [-0.39, 0.29) is 11.7 Å². The van der Waals surface area contributed by atoms with Crippen LogP contribution in [0.4, 0.5) is 5.82 Å². The maximum Gasteiger partial charge on any atom is 0.358 e. The number of pyridine rings is 1. The van der Waals surface area contributed by atoms with E-state index < -0.39 is 5.97 Å². The predicted molar refractivity (Wildman–Crippen MR) is 71.9 cm³/mol. The molecule has 0 aliphatic carbocycles. The van der Waals surface area contributed by atoms with Gasteiger partial charge in [0.2, 0.25) is 0 Å². The van der Waals surface area contributed by atoms with E-state index in [9.17, 15) is 10.1 Å². The van der Waals surface area contributed by atoms with E-state index in [4.69, 9.17) is 5.11 Å². The Morgan fingerprint density at radius 1 is 1.52 bits per heavy atom. The van der Waals surface area contributed by atoms with Gasteiger partial charge in [-0.2, -0.15) is 5.26 Å². The highest BCUT2D eigenvalue weighted by Gasteiger charge is 2.32. The Morgan fingerprint density at radius 2 is 2.29 bits per heavy atom. The largest absolute Gasteiger partial charge is 0.476 e. The summed E-state index contributed by atoms with van der Waals surface area (Å²) >= 11 is 0. The summed E-state index contributed by atoms with van der Waals surface area (Å²) in [6.07, 6.45) is 3.09. The zero-order chi connectivity index (χ0) is 15.0. The van der Waals surface area contributed by atoms with Crippen molar-refractivity contribution in [3.8, 4) is 6.07 Å². The Balaban J connectivity index is 1.75. The lowest BCUT2D eigenvalue weighted by Crippen LogP contribution is -2.48. The molecule has 1 saturated heterocycles. The highest BCUT2D eigenvalue weighted by Crippen LogP contribution is 2.29. The van der Waals surface area contributed by atoms with Gasteiger partial charge >= 0.3 is 5.97 Å². The molecular formula is C13H12N6O2.